The van der Waals surface area contributed by atoms with E-state index in [4.69, 9.17) is 0 Å². The standard InChI is InChI=1S/C18H26O2S/c1-17(2)15-8-10-18(17,16(19)12-15)13-21(20)11-9-14-6-4-3-5-7-14/h3-7,15-16,19H,8-13H2,1-2H3/t15-,16-,18-,21?/m0/s1. The third-order valence-electron chi connectivity index (χ3n) is 6.27. The van der Waals surface area contributed by atoms with Crippen LogP contribution in [0, 0.1) is 16.7 Å². The molecule has 1 N–H and O–H groups in total. The topological polar surface area (TPSA) is 37.3 Å². The first-order chi connectivity index (χ1) is 9.96. The fourth-order valence-corrected chi connectivity index (χ4v) is 6.51. The Balaban J connectivity index is 1.64. The SMILES string of the molecule is CC1(C)[C@H]2CC[C@]1(CS(=O)CCc1ccccc1)[C@@H](O)C2. The lowest BCUT2D eigenvalue weighted by atomic mass is 9.70. The van der Waals surface area contributed by atoms with Crippen molar-refractivity contribution in [3.8, 4) is 0 Å². The van der Waals surface area contributed by atoms with Gasteiger partial charge in [-0.3, -0.25) is 4.21 Å². The second kappa shape index (κ2) is 5.51. The van der Waals surface area contributed by atoms with E-state index in [9.17, 15) is 9.32 Å². The van der Waals surface area contributed by atoms with Crippen LogP contribution in [0.2, 0.25) is 0 Å². The number of hydrogen-bond donors (Lipinski definition) is 1. The third kappa shape index (κ3) is 2.49. The Labute approximate surface area is 130 Å². The second-order valence-corrected chi connectivity index (χ2v) is 8.97. The molecule has 2 aliphatic carbocycles. The summed E-state index contributed by atoms with van der Waals surface area (Å²) in [6, 6.07) is 10.3. The van der Waals surface area contributed by atoms with Crippen LogP contribution in [0.5, 0.6) is 0 Å². The summed E-state index contributed by atoms with van der Waals surface area (Å²) in [4.78, 5) is 0. The minimum Gasteiger partial charge on any atom is -0.392 e. The fraction of sp³-hybridized carbons (Fsp3) is 0.667. The molecule has 0 amide bonds. The number of fused-ring (bicyclic) bond motifs is 2. The van der Waals surface area contributed by atoms with Gasteiger partial charge in [-0.2, -0.15) is 0 Å². The molecule has 0 aromatic heterocycles. The molecule has 0 heterocycles. The van der Waals surface area contributed by atoms with Crippen LogP contribution in [0.1, 0.15) is 38.7 Å². The van der Waals surface area contributed by atoms with Crippen LogP contribution >= 0.6 is 0 Å². The average Bonchev–Trinajstić information content (AvgIpc) is 2.80. The van der Waals surface area contributed by atoms with E-state index in [1.807, 2.05) is 18.2 Å². The van der Waals surface area contributed by atoms with Gasteiger partial charge in [0.2, 0.25) is 0 Å². The average molecular weight is 306 g/mol. The maximum absolute atomic E-state index is 12.6. The minimum absolute atomic E-state index is 0.112. The van der Waals surface area contributed by atoms with Gasteiger partial charge in [0.1, 0.15) is 0 Å². The molecular weight excluding hydrogens is 280 g/mol. The molecule has 0 aliphatic heterocycles. The van der Waals surface area contributed by atoms with Gasteiger partial charge >= 0.3 is 0 Å². The highest BCUT2D eigenvalue weighted by Gasteiger charge is 2.63. The van der Waals surface area contributed by atoms with E-state index in [0.29, 0.717) is 17.4 Å². The van der Waals surface area contributed by atoms with Gasteiger partial charge in [0.15, 0.2) is 0 Å². The molecule has 2 nitrogen and oxygen atoms in total. The molecule has 1 aromatic rings. The Morgan fingerprint density at radius 1 is 1.29 bits per heavy atom. The summed E-state index contributed by atoms with van der Waals surface area (Å²) in [6.45, 7) is 4.55. The normalized spacial score (nSPS) is 35.0. The Kier molecular flexibility index (Phi) is 4.00. The third-order valence-corrected chi connectivity index (χ3v) is 7.76. The smallest absolute Gasteiger partial charge is 0.0613 e. The fourth-order valence-electron chi connectivity index (χ4n) is 4.62. The summed E-state index contributed by atoms with van der Waals surface area (Å²) in [5, 5.41) is 10.5. The van der Waals surface area contributed by atoms with Crippen molar-refractivity contribution in [2.75, 3.05) is 11.5 Å². The van der Waals surface area contributed by atoms with Gasteiger partial charge in [-0.05, 0) is 42.6 Å². The zero-order valence-corrected chi connectivity index (χ0v) is 13.9. The molecule has 116 valence electrons. The van der Waals surface area contributed by atoms with Crippen molar-refractivity contribution < 1.29 is 9.32 Å². The summed E-state index contributed by atoms with van der Waals surface area (Å²) >= 11 is 0. The van der Waals surface area contributed by atoms with Gasteiger partial charge in [-0.1, -0.05) is 44.2 Å². The molecule has 21 heavy (non-hydrogen) atoms. The van der Waals surface area contributed by atoms with Gasteiger partial charge in [-0.25, -0.2) is 0 Å². The van der Waals surface area contributed by atoms with Crippen molar-refractivity contribution in [2.45, 2.75) is 45.6 Å². The van der Waals surface area contributed by atoms with Crippen LogP contribution < -0.4 is 0 Å². The van der Waals surface area contributed by atoms with E-state index >= 15 is 0 Å². The molecule has 3 rings (SSSR count). The number of aryl methyl sites for hydroxylation is 1. The molecule has 2 fully saturated rings. The van der Waals surface area contributed by atoms with Gasteiger partial charge in [-0.15, -0.1) is 0 Å². The van der Waals surface area contributed by atoms with E-state index in [1.54, 1.807) is 0 Å². The van der Waals surface area contributed by atoms with E-state index < -0.39 is 10.8 Å². The van der Waals surface area contributed by atoms with Crippen LogP contribution in [-0.2, 0) is 17.2 Å². The maximum Gasteiger partial charge on any atom is 0.0613 e. The first kappa shape index (κ1) is 15.2. The molecule has 0 spiro atoms. The molecule has 2 aliphatic rings. The second-order valence-electron chi connectivity index (χ2n) is 7.39. The minimum atomic E-state index is -0.850. The Hall–Kier alpha value is -0.670. The highest BCUT2D eigenvalue weighted by Crippen LogP contribution is 2.65. The largest absolute Gasteiger partial charge is 0.392 e. The molecule has 2 bridgehead atoms. The number of aliphatic hydroxyl groups excluding tert-OH is 1. The number of aliphatic hydroxyl groups is 1. The predicted molar refractivity (Wildman–Crippen MR) is 87.6 cm³/mol. The number of hydrogen-bond acceptors (Lipinski definition) is 2. The van der Waals surface area contributed by atoms with Gasteiger partial charge in [0, 0.05) is 27.7 Å². The highest BCUT2D eigenvalue weighted by molar-refractivity contribution is 7.85. The summed E-state index contributed by atoms with van der Waals surface area (Å²) < 4.78 is 12.6. The Morgan fingerprint density at radius 3 is 2.57 bits per heavy atom. The molecule has 1 aromatic carbocycles. The van der Waals surface area contributed by atoms with Crippen LogP contribution in [0.3, 0.4) is 0 Å². The van der Waals surface area contributed by atoms with Crippen molar-refractivity contribution in [3.63, 3.8) is 0 Å². The van der Waals surface area contributed by atoms with Crippen molar-refractivity contribution in [1.29, 1.82) is 0 Å². The molecule has 3 heteroatoms. The Bertz CT molecular complexity index is 525. The molecular formula is C18H26O2S. The van der Waals surface area contributed by atoms with Crippen molar-refractivity contribution in [1.82, 2.24) is 0 Å². The zero-order valence-electron chi connectivity index (χ0n) is 13.0. The van der Waals surface area contributed by atoms with E-state index in [0.717, 1.165) is 19.3 Å². The van der Waals surface area contributed by atoms with E-state index in [2.05, 4.69) is 26.0 Å². The molecule has 1 unspecified atom stereocenters. The number of benzene rings is 1. The van der Waals surface area contributed by atoms with Crippen molar-refractivity contribution in [3.05, 3.63) is 35.9 Å². The number of rotatable bonds is 5. The molecule has 0 saturated heterocycles. The van der Waals surface area contributed by atoms with Gasteiger partial charge < -0.3 is 5.11 Å². The zero-order chi connectivity index (χ0) is 15.1. The van der Waals surface area contributed by atoms with Crippen molar-refractivity contribution >= 4 is 10.8 Å². The van der Waals surface area contributed by atoms with Crippen LogP contribution in [0.15, 0.2) is 30.3 Å². The quantitative estimate of drug-likeness (QED) is 0.907. The summed E-state index contributed by atoms with van der Waals surface area (Å²) in [6.07, 6.45) is 3.75. The van der Waals surface area contributed by atoms with E-state index in [1.165, 1.54) is 12.0 Å². The first-order valence-corrected chi connectivity index (χ1v) is 9.51. The lowest BCUT2D eigenvalue weighted by Crippen LogP contribution is -2.43. The summed E-state index contributed by atoms with van der Waals surface area (Å²) in [7, 11) is -0.850. The lowest BCUT2D eigenvalue weighted by Gasteiger charge is -2.40. The predicted octanol–water partition coefficient (Wildman–Crippen LogP) is 3.17. The molecule has 4 atom stereocenters. The van der Waals surface area contributed by atoms with Gasteiger partial charge in [0.05, 0.1) is 6.10 Å². The Morgan fingerprint density at radius 2 is 2.00 bits per heavy atom. The summed E-state index contributed by atoms with van der Waals surface area (Å²) in [5.74, 6) is 1.99. The van der Waals surface area contributed by atoms with Crippen molar-refractivity contribution in [2.24, 2.45) is 16.7 Å². The summed E-state index contributed by atoms with van der Waals surface area (Å²) in [5.41, 5.74) is 1.27. The van der Waals surface area contributed by atoms with Crippen LogP contribution in [0.25, 0.3) is 0 Å². The molecule has 2 saturated carbocycles. The van der Waals surface area contributed by atoms with Gasteiger partial charge in [0.25, 0.3) is 0 Å². The molecule has 0 radical (unpaired) electrons. The van der Waals surface area contributed by atoms with Crippen LogP contribution in [0.4, 0.5) is 0 Å². The monoisotopic (exact) mass is 306 g/mol. The highest BCUT2D eigenvalue weighted by atomic mass is 32.2. The van der Waals surface area contributed by atoms with E-state index in [-0.39, 0.29) is 16.9 Å². The maximum atomic E-state index is 12.6. The van der Waals surface area contributed by atoms with Crippen LogP contribution in [-0.4, -0.2) is 26.9 Å². The first-order valence-electron chi connectivity index (χ1n) is 8.03. The lowest BCUT2D eigenvalue weighted by molar-refractivity contribution is 0.0160.